The molecule has 1 aliphatic rings. The predicted octanol–water partition coefficient (Wildman–Crippen LogP) is 3.10. The molecule has 188 valence electrons. The average Bonchev–Trinajstić information content (AvgIpc) is 3.03. The number of amides is 1. The number of benzene rings is 2. The largest absolute Gasteiger partial charge is 0.496 e. The maximum absolute atomic E-state index is 15.6. The third-order valence-electron chi connectivity index (χ3n) is 6.76. The van der Waals surface area contributed by atoms with Crippen molar-refractivity contribution >= 4 is 35.8 Å². The van der Waals surface area contributed by atoms with Crippen LogP contribution in [-0.2, 0) is 23.4 Å². The molecular formula is C25H26BClFN3O5. The summed E-state index contributed by atoms with van der Waals surface area (Å²) in [6.07, 6.45) is 1.12. The van der Waals surface area contributed by atoms with Gasteiger partial charge in [0, 0.05) is 41.9 Å². The summed E-state index contributed by atoms with van der Waals surface area (Å²) in [4.78, 5) is 37.1. The Balaban J connectivity index is 1.70. The Bertz CT molecular complexity index is 1480. The average molecular weight is 514 g/mol. The van der Waals surface area contributed by atoms with Crippen LogP contribution in [0.4, 0.5) is 10.1 Å². The molecule has 1 aromatic heterocycles. The van der Waals surface area contributed by atoms with Crippen LogP contribution < -0.4 is 22.0 Å². The second-order valence-electron chi connectivity index (χ2n) is 9.72. The van der Waals surface area contributed by atoms with Crippen LogP contribution in [0.25, 0.3) is 11.1 Å². The van der Waals surface area contributed by atoms with Gasteiger partial charge in [-0.1, -0.05) is 41.9 Å². The molecule has 1 saturated heterocycles. The molecule has 36 heavy (non-hydrogen) atoms. The first-order chi connectivity index (χ1) is 16.7. The molecule has 3 aromatic rings. The second kappa shape index (κ2) is 9.03. The highest BCUT2D eigenvalue weighted by atomic mass is 35.5. The fraction of sp³-hybridized carbons (Fsp3) is 0.320. The van der Waals surface area contributed by atoms with Crippen molar-refractivity contribution in [3.63, 3.8) is 0 Å². The minimum Gasteiger partial charge on any atom is -0.399 e. The first-order valence-corrected chi connectivity index (χ1v) is 11.6. The Morgan fingerprint density at radius 2 is 1.58 bits per heavy atom. The van der Waals surface area contributed by atoms with Crippen LogP contribution >= 0.6 is 11.6 Å². The van der Waals surface area contributed by atoms with E-state index in [1.165, 1.54) is 26.2 Å². The molecule has 0 bridgehead atoms. The topological polar surface area (TPSA) is 91.6 Å². The fourth-order valence-electron chi connectivity index (χ4n) is 3.90. The molecule has 8 nitrogen and oxygen atoms in total. The normalized spacial score (nSPS) is 16.3. The van der Waals surface area contributed by atoms with Crippen LogP contribution in [0.2, 0.25) is 5.02 Å². The number of carbonyl (C=O) groups excluding carboxylic acids is 1. The van der Waals surface area contributed by atoms with E-state index in [4.69, 9.17) is 20.9 Å². The van der Waals surface area contributed by atoms with E-state index < -0.39 is 41.3 Å². The van der Waals surface area contributed by atoms with Gasteiger partial charge in [-0.3, -0.25) is 14.2 Å². The lowest BCUT2D eigenvalue weighted by molar-refractivity contribution is 0.00578. The number of aryl methyl sites for hydroxylation is 1. The van der Waals surface area contributed by atoms with E-state index in [2.05, 4.69) is 5.32 Å². The first-order valence-electron chi connectivity index (χ1n) is 11.3. The van der Waals surface area contributed by atoms with Gasteiger partial charge in [0.25, 0.3) is 11.5 Å². The molecule has 0 unspecified atom stereocenters. The van der Waals surface area contributed by atoms with Gasteiger partial charge in [-0.25, -0.2) is 9.18 Å². The van der Waals surface area contributed by atoms with Gasteiger partial charge >= 0.3 is 12.8 Å². The Kier molecular flexibility index (Phi) is 6.49. The molecule has 1 fully saturated rings. The number of aromatic nitrogens is 2. The quantitative estimate of drug-likeness (QED) is 0.542. The summed E-state index contributed by atoms with van der Waals surface area (Å²) < 4.78 is 29.7. The lowest BCUT2D eigenvalue weighted by atomic mass is 9.77. The Hall–Kier alpha value is -3.21. The molecule has 2 heterocycles. The maximum atomic E-state index is 15.6. The number of hydrogen-bond donors (Lipinski definition) is 1. The Labute approximate surface area is 212 Å². The Morgan fingerprint density at radius 1 is 1.00 bits per heavy atom. The number of nitrogens with one attached hydrogen (secondary N) is 1. The van der Waals surface area contributed by atoms with Crippen molar-refractivity contribution < 1.29 is 18.5 Å². The van der Waals surface area contributed by atoms with Crippen LogP contribution in [0.3, 0.4) is 0 Å². The van der Waals surface area contributed by atoms with Crippen LogP contribution in [0.1, 0.15) is 38.1 Å². The van der Waals surface area contributed by atoms with E-state index in [9.17, 15) is 14.4 Å². The van der Waals surface area contributed by atoms with Gasteiger partial charge in [-0.2, -0.15) is 0 Å². The van der Waals surface area contributed by atoms with Gasteiger partial charge in [0.05, 0.1) is 16.9 Å². The van der Waals surface area contributed by atoms with Crippen molar-refractivity contribution in [2.45, 2.75) is 38.9 Å². The summed E-state index contributed by atoms with van der Waals surface area (Å²) in [5, 5.41) is 2.68. The molecule has 1 amide bonds. The van der Waals surface area contributed by atoms with E-state index in [0.29, 0.717) is 11.0 Å². The van der Waals surface area contributed by atoms with E-state index in [1.54, 1.807) is 24.3 Å². The molecular weight excluding hydrogens is 488 g/mol. The smallest absolute Gasteiger partial charge is 0.399 e. The lowest BCUT2D eigenvalue weighted by Crippen LogP contribution is -2.41. The zero-order valence-corrected chi connectivity index (χ0v) is 21.6. The molecule has 2 aromatic carbocycles. The van der Waals surface area contributed by atoms with Crippen LogP contribution in [0, 0.1) is 5.82 Å². The molecule has 0 saturated carbocycles. The van der Waals surface area contributed by atoms with Gasteiger partial charge in [0.15, 0.2) is 5.82 Å². The maximum Gasteiger partial charge on any atom is 0.496 e. The number of carbonyl (C=O) groups is 1. The molecule has 1 N–H and O–H groups in total. The molecule has 1 aliphatic heterocycles. The molecule has 0 spiro atoms. The SMILES string of the molecule is Cn1cc(C(=O)Nc2cccc(-c3cccc(B4OC(C)(C)C(C)(C)O4)c3Cl)c2F)c(=O)n(C)c1=O. The molecule has 4 rings (SSSR count). The standard InChI is InChI=1S/C25H26BClFN3O5/c1-24(2)25(3,4)36-26(35-24)17-11-7-9-14(19(17)27)15-10-8-12-18(20(15)28)29-21(32)16-13-30(5)23(34)31(6)22(16)33/h7-13H,1-6H3,(H,29,32). The van der Waals surface area contributed by atoms with Gasteiger partial charge < -0.3 is 19.2 Å². The van der Waals surface area contributed by atoms with Crippen LogP contribution in [0.5, 0.6) is 0 Å². The van der Waals surface area contributed by atoms with Crippen molar-refractivity contribution in [3.05, 3.63) is 79.8 Å². The van der Waals surface area contributed by atoms with Gasteiger partial charge in [-0.05, 0) is 33.8 Å². The molecule has 0 aliphatic carbocycles. The summed E-state index contributed by atoms with van der Waals surface area (Å²) in [6.45, 7) is 7.70. The van der Waals surface area contributed by atoms with Crippen molar-refractivity contribution in [1.29, 1.82) is 0 Å². The summed E-state index contributed by atoms with van der Waals surface area (Å²) in [5.74, 6) is -1.58. The summed E-state index contributed by atoms with van der Waals surface area (Å²) in [5.41, 5.74) is -1.90. The third kappa shape index (κ3) is 4.29. The Morgan fingerprint density at radius 3 is 2.22 bits per heavy atom. The van der Waals surface area contributed by atoms with E-state index in [-0.39, 0.29) is 21.8 Å². The number of anilines is 1. The van der Waals surface area contributed by atoms with Crippen molar-refractivity contribution in [1.82, 2.24) is 9.13 Å². The van der Waals surface area contributed by atoms with Crippen LogP contribution in [-0.4, -0.2) is 33.4 Å². The summed E-state index contributed by atoms with van der Waals surface area (Å²) in [6, 6.07) is 9.60. The van der Waals surface area contributed by atoms with Crippen molar-refractivity contribution in [2.75, 3.05) is 5.32 Å². The highest BCUT2D eigenvalue weighted by molar-refractivity contribution is 6.66. The zero-order chi connectivity index (χ0) is 26.6. The summed E-state index contributed by atoms with van der Waals surface area (Å²) >= 11 is 6.72. The number of nitrogens with zero attached hydrogens (tertiary/aromatic N) is 2. The van der Waals surface area contributed by atoms with E-state index >= 15 is 4.39 Å². The van der Waals surface area contributed by atoms with Crippen LogP contribution in [0.15, 0.2) is 52.2 Å². The zero-order valence-electron chi connectivity index (χ0n) is 20.8. The van der Waals surface area contributed by atoms with Gasteiger partial charge in [0.1, 0.15) is 5.56 Å². The minimum atomic E-state index is -0.848. The number of halogens is 2. The fourth-order valence-corrected chi connectivity index (χ4v) is 4.22. The summed E-state index contributed by atoms with van der Waals surface area (Å²) in [7, 11) is 1.93. The molecule has 0 radical (unpaired) electrons. The molecule has 11 heteroatoms. The highest BCUT2D eigenvalue weighted by Crippen LogP contribution is 2.38. The van der Waals surface area contributed by atoms with Gasteiger partial charge in [-0.15, -0.1) is 0 Å². The van der Waals surface area contributed by atoms with Crippen molar-refractivity contribution in [3.8, 4) is 11.1 Å². The monoisotopic (exact) mass is 513 g/mol. The highest BCUT2D eigenvalue weighted by Gasteiger charge is 2.52. The second-order valence-corrected chi connectivity index (χ2v) is 10.1. The predicted molar refractivity (Wildman–Crippen MR) is 137 cm³/mol. The lowest BCUT2D eigenvalue weighted by Gasteiger charge is -2.32. The molecule has 0 atom stereocenters. The van der Waals surface area contributed by atoms with E-state index in [1.807, 2.05) is 27.7 Å². The number of rotatable bonds is 4. The van der Waals surface area contributed by atoms with Gasteiger partial charge in [0.2, 0.25) is 0 Å². The minimum absolute atomic E-state index is 0.143. The number of hydrogen-bond acceptors (Lipinski definition) is 5. The van der Waals surface area contributed by atoms with Crippen molar-refractivity contribution in [2.24, 2.45) is 14.1 Å². The van der Waals surface area contributed by atoms with E-state index in [0.717, 1.165) is 15.3 Å². The third-order valence-corrected chi connectivity index (χ3v) is 7.19. The first kappa shape index (κ1) is 25.9.